The smallest absolute Gasteiger partial charge is 0.274 e. The molecule has 0 bridgehead atoms. The van der Waals surface area contributed by atoms with Gasteiger partial charge in [0.15, 0.2) is 5.75 Å². The molecule has 3 aromatic heterocycles. The molecule has 0 aliphatic carbocycles. The number of likely N-dealkylation sites (N-methyl/N-ethyl adjacent to an activating group) is 1. The zero-order valence-electron chi connectivity index (χ0n) is 21.3. The lowest BCUT2D eigenvalue weighted by molar-refractivity contribution is 0.0853. The van der Waals surface area contributed by atoms with E-state index in [2.05, 4.69) is 15.2 Å². The predicted molar refractivity (Wildman–Crippen MR) is 139 cm³/mol. The van der Waals surface area contributed by atoms with Crippen LogP contribution in [0.2, 0.25) is 0 Å². The number of carbonyl (C=O) groups is 1. The van der Waals surface area contributed by atoms with E-state index in [9.17, 15) is 18.8 Å². The number of ether oxygens (including phenoxy) is 1. The van der Waals surface area contributed by atoms with Crippen LogP contribution in [0.5, 0.6) is 11.5 Å². The van der Waals surface area contributed by atoms with Crippen LogP contribution < -0.4 is 21.2 Å². The summed E-state index contributed by atoms with van der Waals surface area (Å²) in [5, 5.41) is 3.46. The Labute approximate surface area is 212 Å². The van der Waals surface area contributed by atoms with E-state index >= 15 is 0 Å². The third-order valence-electron chi connectivity index (χ3n) is 6.73. The number of hydrogen-bond donors (Lipinski definition) is 2. The molecule has 1 aromatic carbocycles. The number of aromatic nitrogens is 3. The van der Waals surface area contributed by atoms with E-state index in [1.807, 2.05) is 7.05 Å². The summed E-state index contributed by atoms with van der Waals surface area (Å²) >= 11 is 0. The summed E-state index contributed by atoms with van der Waals surface area (Å²) in [7, 11) is 5.18. The summed E-state index contributed by atoms with van der Waals surface area (Å²) < 4.78 is 22.9. The summed E-state index contributed by atoms with van der Waals surface area (Å²) in [6, 6.07) is 5.86. The van der Waals surface area contributed by atoms with Crippen LogP contribution in [0.25, 0.3) is 22.0 Å². The molecule has 4 aromatic rings. The van der Waals surface area contributed by atoms with Gasteiger partial charge in [0.05, 0.1) is 12.2 Å². The second kappa shape index (κ2) is 9.04. The number of nitrogens with one attached hydrogen (secondary N) is 2. The monoisotopic (exact) mass is 505 g/mol. The molecule has 0 spiro atoms. The first-order valence-corrected chi connectivity index (χ1v) is 11.9. The van der Waals surface area contributed by atoms with Crippen molar-refractivity contribution in [3.05, 3.63) is 80.0 Å². The first-order valence-electron chi connectivity index (χ1n) is 11.9. The summed E-state index contributed by atoms with van der Waals surface area (Å²) in [5.74, 6) is 0.154. The van der Waals surface area contributed by atoms with Crippen LogP contribution in [0.3, 0.4) is 0 Å². The number of pyridine rings is 2. The average Bonchev–Trinajstić information content (AvgIpc) is 3.26. The second-order valence-corrected chi connectivity index (χ2v) is 9.79. The molecule has 0 radical (unpaired) electrons. The number of aromatic amines is 1. The minimum absolute atomic E-state index is 0.0468. The van der Waals surface area contributed by atoms with Crippen molar-refractivity contribution in [2.45, 2.75) is 19.9 Å². The van der Waals surface area contributed by atoms with Gasteiger partial charge in [0.2, 0.25) is 0 Å². The van der Waals surface area contributed by atoms with E-state index in [0.29, 0.717) is 39.1 Å². The highest BCUT2D eigenvalue weighted by molar-refractivity contribution is 6.03. The number of nitrogens with zero attached hydrogens (tertiary/aromatic N) is 3. The maximum Gasteiger partial charge on any atom is 0.274 e. The predicted octanol–water partition coefficient (Wildman–Crippen LogP) is 2.82. The van der Waals surface area contributed by atoms with Crippen molar-refractivity contribution in [1.82, 2.24) is 24.3 Å². The number of amides is 1. The van der Waals surface area contributed by atoms with Crippen LogP contribution in [0, 0.1) is 19.7 Å². The highest BCUT2D eigenvalue weighted by atomic mass is 19.1. The minimum atomic E-state index is -0.366. The SMILES string of the molecule is Cc1cc(F)cc(C)c1Oc1cn(C)c(=O)cc1-c1cn(C)c(=O)c2[nH]c(C(=O)NC3CN(C)C3)cc12. The van der Waals surface area contributed by atoms with Gasteiger partial charge in [0.1, 0.15) is 22.8 Å². The summed E-state index contributed by atoms with van der Waals surface area (Å²) in [6.07, 6.45) is 3.18. The Morgan fingerprint density at radius 3 is 2.32 bits per heavy atom. The lowest BCUT2D eigenvalue weighted by atomic mass is 10.0. The molecule has 1 aliphatic heterocycles. The Hall–Kier alpha value is -4.18. The van der Waals surface area contributed by atoms with Crippen LogP contribution in [-0.2, 0) is 14.1 Å². The van der Waals surface area contributed by atoms with Gasteiger partial charge < -0.3 is 29.1 Å². The van der Waals surface area contributed by atoms with Gasteiger partial charge in [-0.15, -0.1) is 0 Å². The normalized spacial score (nSPS) is 14.1. The number of hydrogen-bond acceptors (Lipinski definition) is 5. The van der Waals surface area contributed by atoms with Crippen LogP contribution in [-0.4, -0.2) is 51.1 Å². The average molecular weight is 506 g/mol. The van der Waals surface area contributed by atoms with Crippen molar-refractivity contribution in [2.75, 3.05) is 20.1 Å². The van der Waals surface area contributed by atoms with Crippen LogP contribution in [0.15, 0.2) is 46.2 Å². The molecular formula is C27H28FN5O4. The topological polar surface area (TPSA) is 101 Å². The van der Waals surface area contributed by atoms with Crippen molar-refractivity contribution in [3.8, 4) is 22.6 Å². The van der Waals surface area contributed by atoms with Gasteiger partial charge in [-0.25, -0.2) is 4.39 Å². The highest BCUT2D eigenvalue weighted by Crippen LogP contribution is 2.38. The lowest BCUT2D eigenvalue weighted by Gasteiger charge is -2.36. The van der Waals surface area contributed by atoms with E-state index < -0.39 is 0 Å². The molecule has 2 N–H and O–H groups in total. The van der Waals surface area contributed by atoms with Gasteiger partial charge in [0, 0.05) is 56.0 Å². The Morgan fingerprint density at radius 1 is 1.00 bits per heavy atom. The zero-order valence-corrected chi connectivity index (χ0v) is 21.3. The molecule has 5 rings (SSSR count). The van der Waals surface area contributed by atoms with Crippen molar-refractivity contribution >= 4 is 16.8 Å². The third kappa shape index (κ3) is 4.44. The van der Waals surface area contributed by atoms with Crippen LogP contribution >= 0.6 is 0 Å². The molecule has 192 valence electrons. The summed E-state index contributed by atoms with van der Waals surface area (Å²) in [4.78, 5) is 43.6. The van der Waals surface area contributed by atoms with E-state index in [-0.39, 0.29) is 40.1 Å². The number of halogens is 1. The van der Waals surface area contributed by atoms with Gasteiger partial charge >= 0.3 is 0 Å². The molecule has 9 nitrogen and oxygen atoms in total. The second-order valence-electron chi connectivity index (χ2n) is 9.79. The standard InChI is InChI=1S/C27H28FN5O4/c1-14-6-16(28)7-15(2)25(14)37-22-13-32(4)23(34)9-18(22)20-12-33(5)27(36)24-19(20)8-21(30-24)26(35)29-17-10-31(3)11-17/h6-9,12-13,17,30H,10-11H2,1-5H3,(H,29,35). The molecule has 1 fully saturated rings. The molecule has 10 heteroatoms. The van der Waals surface area contributed by atoms with Gasteiger partial charge in [-0.2, -0.15) is 0 Å². The van der Waals surface area contributed by atoms with Gasteiger partial charge in [-0.3, -0.25) is 14.4 Å². The van der Waals surface area contributed by atoms with E-state index in [4.69, 9.17) is 4.74 Å². The summed E-state index contributed by atoms with van der Waals surface area (Å²) in [6.45, 7) is 5.01. The molecule has 0 saturated carbocycles. The largest absolute Gasteiger partial charge is 0.455 e. The Morgan fingerprint density at radius 2 is 1.68 bits per heavy atom. The van der Waals surface area contributed by atoms with E-state index in [1.54, 1.807) is 46.4 Å². The number of carbonyl (C=O) groups excluding carboxylic acids is 1. The van der Waals surface area contributed by atoms with Crippen LogP contribution in [0.4, 0.5) is 4.39 Å². The molecule has 37 heavy (non-hydrogen) atoms. The molecule has 1 aliphatic rings. The van der Waals surface area contributed by atoms with Gasteiger partial charge in [0.25, 0.3) is 17.0 Å². The number of H-pyrrole nitrogens is 1. The van der Waals surface area contributed by atoms with Crippen molar-refractivity contribution < 1.29 is 13.9 Å². The van der Waals surface area contributed by atoms with Crippen molar-refractivity contribution in [2.24, 2.45) is 14.1 Å². The number of likely N-dealkylation sites (tertiary alicyclic amines) is 1. The fourth-order valence-corrected chi connectivity index (χ4v) is 4.79. The Kier molecular flexibility index (Phi) is 5.99. The molecular weight excluding hydrogens is 477 g/mol. The molecule has 1 saturated heterocycles. The maximum absolute atomic E-state index is 13.9. The number of aryl methyl sites for hydroxylation is 4. The maximum atomic E-state index is 13.9. The fourth-order valence-electron chi connectivity index (χ4n) is 4.79. The van der Waals surface area contributed by atoms with Gasteiger partial charge in [-0.1, -0.05) is 0 Å². The number of rotatable bonds is 5. The first-order chi connectivity index (χ1) is 17.5. The molecule has 0 atom stereocenters. The molecule has 1 amide bonds. The lowest BCUT2D eigenvalue weighted by Crippen LogP contribution is -2.57. The van der Waals surface area contributed by atoms with Crippen LogP contribution in [0.1, 0.15) is 21.6 Å². The first kappa shape index (κ1) is 24.5. The molecule has 4 heterocycles. The van der Waals surface area contributed by atoms with Crippen molar-refractivity contribution in [1.29, 1.82) is 0 Å². The number of benzene rings is 1. The Balaban J connectivity index is 1.65. The van der Waals surface area contributed by atoms with Gasteiger partial charge in [-0.05, 0) is 50.2 Å². The molecule has 0 unspecified atom stereocenters. The minimum Gasteiger partial charge on any atom is -0.455 e. The third-order valence-corrected chi connectivity index (χ3v) is 6.73. The fraction of sp³-hybridized carbons (Fsp3) is 0.296. The van der Waals surface area contributed by atoms with Crippen molar-refractivity contribution in [3.63, 3.8) is 0 Å². The zero-order chi connectivity index (χ0) is 26.6. The Bertz CT molecular complexity index is 1650. The quantitative estimate of drug-likeness (QED) is 0.435. The number of fused-ring (bicyclic) bond motifs is 1. The highest BCUT2D eigenvalue weighted by Gasteiger charge is 2.26. The van der Waals surface area contributed by atoms with E-state index in [0.717, 1.165) is 13.1 Å². The van der Waals surface area contributed by atoms with E-state index in [1.165, 1.54) is 27.3 Å². The summed E-state index contributed by atoms with van der Waals surface area (Å²) in [5.41, 5.74) is 2.11.